The lowest BCUT2D eigenvalue weighted by atomic mass is 10.0. The van der Waals surface area contributed by atoms with Gasteiger partial charge in [0.1, 0.15) is 5.82 Å². The minimum atomic E-state index is 0.0154. The number of nitrogens with one attached hydrogen (secondary N) is 1. The third-order valence-corrected chi connectivity index (χ3v) is 4.72. The van der Waals surface area contributed by atoms with E-state index < -0.39 is 0 Å². The molecule has 6 heteroatoms. The predicted octanol–water partition coefficient (Wildman–Crippen LogP) is 2.28. The molecule has 1 aliphatic rings. The van der Waals surface area contributed by atoms with Crippen molar-refractivity contribution < 1.29 is 9.59 Å². The van der Waals surface area contributed by atoms with E-state index in [0.717, 1.165) is 48.6 Å². The molecular weight excluding hydrogens is 316 g/mol. The van der Waals surface area contributed by atoms with Gasteiger partial charge in [0, 0.05) is 48.9 Å². The molecule has 1 N–H and O–H groups in total. The molecule has 0 aliphatic carbocycles. The van der Waals surface area contributed by atoms with Crippen molar-refractivity contribution in [3.05, 3.63) is 22.8 Å². The molecule has 1 aromatic rings. The molecule has 1 aliphatic heterocycles. The highest BCUT2D eigenvalue weighted by Crippen LogP contribution is 2.26. The Kier molecular flexibility index (Phi) is 6.91. The molecule has 1 saturated heterocycles. The lowest BCUT2D eigenvalue weighted by Crippen LogP contribution is -2.28. The molecule has 2 heterocycles. The predicted molar refractivity (Wildman–Crippen MR) is 97.4 cm³/mol. The number of hydrogen-bond acceptors (Lipinski definition) is 4. The van der Waals surface area contributed by atoms with Gasteiger partial charge in [-0.05, 0) is 33.1 Å². The lowest BCUT2D eigenvalue weighted by molar-refractivity contribution is -0.130. The van der Waals surface area contributed by atoms with Crippen molar-refractivity contribution in [3.63, 3.8) is 0 Å². The van der Waals surface area contributed by atoms with E-state index in [9.17, 15) is 9.59 Å². The van der Waals surface area contributed by atoms with E-state index in [-0.39, 0.29) is 17.7 Å². The maximum Gasteiger partial charge on any atom is 0.224 e. The average Bonchev–Trinajstić information content (AvgIpc) is 3.06. The van der Waals surface area contributed by atoms with Crippen molar-refractivity contribution in [1.29, 1.82) is 0 Å². The van der Waals surface area contributed by atoms with Crippen molar-refractivity contribution >= 4 is 11.8 Å². The first-order valence-electron chi connectivity index (χ1n) is 9.34. The number of nitrogens with zero attached hydrogens (tertiary/aromatic N) is 3. The number of carbonyl (C=O) groups excluding carboxylic acids is 2. The van der Waals surface area contributed by atoms with E-state index in [4.69, 9.17) is 0 Å². The smallest absolute Gasteiger partial charge is 0.224 e. The summed E-state index contributed by atoms with van der Waals surface area (Å²) in [6, 6.07) is 0. The van der Waals surface area contributed by atoms with Gasteiger partial charge in [-0.25, -0.2) is 9.97 Å². The molecule has 2 amide bonds. The molecule has 1 unspecified atom stereocenters. The number of amides is 2. The molecule has 0 bridgehead atoms. The van der Waals surface area contributed by atoms with Crippen LogP contribution in [0.4, 0.5) is 0 Å². The minimum Gasteiger partial charge on any atom is -0.356 e. The summed E-state index contributed by atoms with van der Waals surface area (Å²) in [4.78, 5) is 35.3. The number of likely N-dealkylation sites (tertiary alicyclic amines) is 1. The zero-order valence-corrected chi connectivity index (χ0v) is 15.9. The topological polar surface area (TPSA) is 75.2 Å². The molecule has 6 nitrogen and oxygen atoms in total. The highest BCUT2D eigenvalue weighted by molar-refractivity contribution is 5.79. The van der Waals surface area contributed by atoms with Crippen LogP contribution in [-0.2, 0) is 16.0 Å². The van der Waals surface area contributed by atoms with E-state index in [0.29, 0.717) is 25.9 Å². The Morgan fingerprint density at radius 3 is 2.44 bits per heavy atom. The van der Waals surface area contributed by atoms with E-state index in [1.807, 2.05) is 32.6 Å². The first-order chi connectivity index (χ1) is 12.0. The highest BCUT2D eigenvalue weighted by Gasteiger charge is 2.29. The summed E-state index contributed by atoms with van der Waals surface area (Å²) >= 11 is 0. The van der Waals surface area contributed by atoms with Crippen LogP contribution in [0.15, 0.2) is 0 Å². The van der Waals surface area contributed by atoms with Gasteiger partial charge in [0.15, 0.2) is 0 Å². The van der Waals surface area contributed by atoms with Crippen molar-refractivity contribution in [2.75, 3.05) is 19.6 Å². The Balaban J connectivity index is 2.07. The number of aryl methyl sites for hydroxylation is 2. The molecule has 25 heavy (non-hydrogen) atoms. The Labute approximate surface area is 150 Å². The number of carbonyl (C=O) groups is 2. The number of hydrogen-bond donors (Lipinski definition) is 1. The van der Waals surface area contributed by atoms with Gasteiger partial charge in [-0.2, -0.15) is 0 Å². The van der Waals surface area contributed by atoms with Gasteiger partial charge in [-0.15, -0.1) is 0 Å². The van der Waals surface area contributed by atoms with Crippen LogP contribution in [0.2, 0.25) is 0 Å². The quantitative estimate of drug-likeness (QED) is 0.822. The van der Waals surface area contributed by atoms with Gasteiger partial charge in [-0.3, -0.25) is 9.59 Å². The second-order valence-corrected chi connectivity index (χ2v) is 6.83. The number of rotatable bonds is 7. The van der Waals surface area contributed by atoms with E-state index >= 15 is 0 Å². The maximum atomic E-state index is 12.1. The monoisotopic (exact) mass is 346 g/mol. The SMILES string of the molecule is CCCNC(=O)Cc1c(C)nc(C2CCN(C(=O)CCC)C2)nc1C. The van der Waals surface area contributed by atoms with Crippen LogP contribution >= 0.6 is 0 Å². The molecular formula is C19H30N4O2. The fourth-order valence-corrected chi connectivity index (χ4v) is 3.26. The lowest BCUT2D eigenvalue weighted by Gasteiger charge is -2.17. The first kappa shape index (κ1) is 19.3. The van der Waals surface area contributed by atoms with E-state index in [2.05, 4.69) is 15.3 Å². The van der Waals surface area contributed by atoms with Gasteiger partial charge in [0.25, 0.3) is 0 Å². The highest BCUT2D eigenvalue weighted by atomic mass is 16.2. The third kappa shape index (κ3) is 5.00. The average molecular weight is 346 g/mol. The summed E-state index contributed by atoms with van der Waals surface area (Å²) in [6.45, 7) is 10.1. The summed E-state index contributed by atoms with van der Waals surface area (Å²) in [7, 11) is 0. The van der Waals surface area contributed by atoms with Crippen molar-refractivity contribution in [2.24, 2.45) is 0 Å². The van der Waals surface area contributed by atoms with Crippen LogP contribution in [0.1, 0.15) is 68.2 Å². The Hall–Kier alpha value is -1.98. The minimum absolute atomic E-state index is 0.0154. The van der Waals surface area contributed by atoms with Crippen molar-refractivity contribution in [2.45, 2.75) is 65.7 Å². The summed E-state index contributed by atoms with van der Waals surface area (Å²) in [5.74, 6) is 1.24. The van der Waals surface area contributed by atoms with Crippen molar-refractivity contribution in [1.82, 2.24) is 20.2 Å². The Morgan fingerprint density at radius 1 is 1.16 bits per heavy atom. The fraction of sp³-hybridized carbons (Fsp3) is 0.684. The normalized spacial score (nSPS) is 17.0. The second-order valence-electron chi connectivity index (χ2n) is 6.83. The zero-order chi connectivity index (χ0) is 18.4. The largest absolute Gasteiger partial charge is 0.356 e. The molecule has 1 fully saturated rings. The first-order valence-corrected chi connectivity index (χ1v) is 9.34. The second kappa shape index (κ2) is 8.92. The van der Waals surface area contributed by atoms with Crippen LogP contribution in [0.3, 0.4) is 0 Å². The molecule has 0 saturated carbocycles. The molecule has 1 aromatic heterocycles. The number of aromatic nitrogens is 2. The van der Waals surface area contributed by atoms with Crippen LogP contribution in [0.5, 0.6) is 0 Å². The Morgan fingerprint density at radius 2 is 1.84 bits per heavy atom. The van der Waals surface area contributed by atoms with Gasteiger partial charge >= 0.3 is 0 Å². The van der Waals surface area contributed by atoms with Crippen molar-refractivity contribution in [3.8, 4) is 0 Å². The molecule has 0 aromatic carbocycles. The summed E-state index contributed by atoms with van der Waals surface area (Å²) in [6.07, 6.45) is 3.64. The molecule has 2 rings (SSSR count). The summed E-state index contributed by atoms with van der Waals surface area (Å²) < 4.78 is 0. The van der Waals surface area contributed by atoms with Gasteiger partial charge in [-0.1, -0.05) is 13.8 Å². The molecule has 0 spiro atoms. The van der Waals surface area contributed by atoms with Crippen LogP contribution in [0, 0.1) is 13.8 Å². The Bertz CT molecular complexity index is 607. The van der Waals surface area contributed by atoms with Crippen LogP contribution < -0.4 is 5.32 Å². The maximum absolute atomic E-state index is 12.1. The molecule has 1 atom stereocenters. The van der Waals surface area contributed by atoms with Gasteiger partial charge in [0.05, 0.1) is 6.42 Å². The van der Waals surface area contributed by atoms with E-state index in [1.54, 1.807) is 0 Å². The van der Waals surface area contributed by atoms with Gasteiger partial charge < -0.3 is 10.2 Å². The summed E-state index contributed by atoms with van der Waals surface area (Å²) in [5.41, 5.74) is 2.65. The molecule has 138 valence electrons. The summed E-state index contributed by atoms with van der Waals surface area (Å²) in [5, 5.41) is 2.90. The third-order valence-electron chi connectivity index (χ3n) is 4.72. The molecule has 0 radical (unpaired) electrons. The van der Waals surface area contributed by atoms with Crippen LogP contribution in [-0.4, -0.2) is 46.3 Å². The fourth-order valence-electron chi connectivity index (χ4n) is 3.26. The standard InChI is InChI=1S/C19H30N4O2/c1-5-7-18(25)23-10-8-15(12-23)19-21-13(3)16(14(4)22-19)11-17(24)20-9-6-2/h15H,5-12H2,1-4H3,(H,20,24). The zero-order valence-electron chi connectivity index (χ0n) is 15.9. The van der Waals surface area contributed by atoms with Gasteiger partial charge in [0.2, 0.25) is 11.8 Å². The van der Waals surface area contributed by atoms with E-state index in [1.165, 1.54) is 0 Å². The van der Waals surface area contributed by atoms with Crippen LogP contribution in [0.25, 0.3) is 0 Å².